The van der Waals surface area contributed by atoms with Crippen molar-refractivity contribution in [2.45, 2.75) is 24.9 Å². The van der Waals surface area contributed by atoms with Gasteiger partial charge in [-0.3, -0.25) is 9.52 Å². The van der Waals surface area contributed by atoms with E-state index in [9.17, 15) is 26.4 Å². The summed E-state index contributed by atoms with van der Waals surface area (Å²) in [5.41, 5.74) is -0.196. The second kappa shape index (κ2) is 8.95. The number of carbonyl (C=O) groups is 1. The molecule has 1 amide bonds. The van der Waals surface area contributed by atoms with E-state index in [0.29, 0.717) is 18.3 Å². The maximum absolute atomic E-state index is 12.9. The third-order valence-electron chi connectivity index (χ3n) is 4.12. The zero-order valence-electron chi connectivity index (χ0n) is 17.0. The van der Waals surface area contributed by atoms with Gasteiger partial charge in [0.15, 0.2) is 0 Å². The zero-order chi connectivity index (χ0) is 22.7. The molecular formula is C20H24F3N3O3S. The van der Waals surface area contributed by atoms with E-state index in [2.05, 4.69) is 10.0 Å². The van der Waals surface area contributed by atoms with Crippen LogP contribution < -0.4 is 14.9 Å². The van der Waals surface area contributed by atoms with Crippen LogP contribution in [0.3, 0.4) is 0 Å². The molecule has 2 aromatic rings. The Labute approximate surface area is 174 Å². The summed E-state index contributed by atoms with van der Waals surface area (Å²) in [5.74, 6) is -0.160. The first-order chi connectivity index (χ1) is 13.8. The van der Waals surface area contributed by atoms with E-state index in [1.165, 1.54) is 12.1 Å². The number of amides is 1. The van der Waals surface area contributed by atoms with Gasteiger partial charge in [0.05, 0.1) is 16.0 Å². The first kappa shape index (κ1) is 23.5. The molecule has 0 spiro atoms. The van der Waals surface area contributed by atoms with Crippen molar-refractivity contribution in [2.75, 3.05) is 30.3 Å². The summed E-state index contributed by atoms with van der Waals surface area (Å²) in [6.45, 7) is 4.31. The number of hydrogen-bond acceptors (Lipinski definition) is 4. The summed E-state index contributed by atoms with van der Waals surface area (Å²) in [5, 5.41) is 2.77. The van der Waals surface area contributed by atoms with Gasteiger partial charge in [-0.2, -0.15) is 13.2 Å². The fraction of sp³-hybridized carbons (Fsp3) is 0.350. The Morgan fingerprint density at radius 1 is 1.10 bits per heavy atom. The van der Waals surface area contributed by atoms with Crippen molar-refractivity contribution in [1.29, 1.82) is 0 Å². The number of carbonyl (C=O) groups excluding carboxylic acids is 1. The monoisotopic (exact) mass is 443 g/mol. The first-order valence-corrected chi connectivity index (χ1v) is 10.6. The van der Waals surface area contributed by atoms with Gasteiger partial charge in [-0.1, -0.05) is 19.9 Å². The van der Waals surface area contributed by atoms with Crippen molar-refractivity contribution < 1.29 is 26.4 Å². The number of nitrogens with one attached hydrogen (secondary N) is 2. The molecule has 164 valence electrons. The molecule has 0 heterocycles. The van der Waals surface area contributed by atoms with E-state index in [1.54, 1.807) is 25.1 Å². The number of sulfonamides is 1. The molecule has 0 saturated carbocycles. The smallest absolute Gasteiger partial charge is 0.377 e. The van der Waals surface area contributed by atoms with Crippen molar-refractivity contribution in [1.82, 2.24) is 5.32 Å². The fourth-order valence-corrected chi connectivity index (χ4v) is 3.71. The number of anilines is 2. The van der Waals surface area contributed by atoms with Gasteiger partial charge in [0.25, 0.3) is 15.9 Å². The van der Waals surface area contributed by atoms with Crippen LogP contribution in [0.2, 0.25) is 0 Å². The van der Waals surface area contributed by atoms with Crippen LogP contribution in [-0.2, 0) is 16.2 Å². The summed E-state index contributed by atoms with van der Waals surface area (Å²) in [6.07, 6.45) is -4.67. The highest BCUT2D eigenvalue weighted by Crippen LogP contribution is 2.31. The van der Waals surface area contributed by atoms with Crippen LogP contribution in [0.1, 0.15) is 29.8 Å². The molecular weight excluding hydrogens is 419 g/mol. The van der Waals surface area contributed by atoms with Crippen molar-refractivity contribution >= 4 is 27.3 Å². The topological polar surface area (TPSA) is 78.5 Å². The lowest BCUT2D eigenvalue weighted by Gasteiger charge is -2.19. The van der Waals surface area contributed by atoms with E-state index >= 15 is 0 Å². The number of rotatable bonds is 7. The first-order valence-electron chi connectivity index (χ1n) is 9.11. The van der Waals surface area contributed by atoms with E-state index in [-0.39, 0.29) is 23.1 Å². The normalized spacial score (nSPS) is 12.0. The lowest BCUT2D eigenvalue weighted by molar-refractivity contribution is -0.137. The summed E-state index contributed by atoms with van der Waals surface area (Å²) >= 11 is 0. The third kappa shape index (κ3) is 5.88. The van der Waals surface area contributed by atoms with Gasteiger partial charge < -0.3 is 10.2 Å². The Hall–Kier alpha value is -2.75. The van der Waals surface area contributed by atoms with Gasteiger partial charge in [0.1, 0.15) is 0 Å². The molecule has 0 fully saturated rings. The Balaban J connectivity index is 2.38. The summed E-state index contributed by atoms with van der Waals surface area (Å²) in [4.78, 5) is 13.8. The predicted molar refractivity (Wildman–Crippen MR) is 110 cm³/mol. The number of benzene rings is 2. The Morgan fingerprint density at radius 3 is 2.33 bits per heavy atom. The SMILES string of the molecule is CC(C)CNC(=O)c1cc(NS(=O)(=O)c2cccc(C(F)(F)F)c2)ccc1N(C)C. The average molecular weight is 443 g/mol. The third-order valence-corrected chi connectivity index (χ3v) is 5.50. The highest BCUT2D eigenvalue weighted by Gasteiger charge is 2.31. The average Bonchev–Trinajstić information content (AvgIpc) is 2.65. The molecule has 0 unspecified atom stereocenters. The zero-order valence-corrected chi connectivity index (χ0v) is 17.9. The minimum atomic E-state index is -4.67. The molecule has 0 atom stereocenters. The highest BCUT2D eigenvalue weighted by molar-refractivity contribution is 7.92. The second-order valence-corrected chi connectivity index (χ2v) is 9.04. The molecule has 0 aromatic heterocycles. The maximum Gasteiger partial charge on any atom is 0.416 e. The molecule has 0 saturated heterocycles. The van der Waals surface area contributed by atoms with E-state index in [0.717, 1.165) is 18.2 Å². The number of alkyl halides is 3. The largest absolute Gasteiger partial charge is 0.416 e. The standard InChI is InChI=1S/C20H24F3N3O3S/c1-13(2)12-24-19(27)17-11-15(8-9-18(17)26(3)4)25-30(28,29)16-7-5-6-14(10-16)20(21,22)23/h5-11,13,25H,12H2,1-4H3,(H,24,27). The quantitative estimate of drug-likeness (QED) is 0.679. The molecule has 2 rings (SSSR count). The molecule has 0 radical (unpaired) electrons. The lowest BCUT2D eigenvalue weighted by Crippen LogP contribution is -2.29. The number of halogens is 3. The van der Waals surface area contributed by atoms with Crippen LogP contribution in [0.15, 0.2) is 47.4 Å². The molecule has 10 heteroatoms. The van der Waals surface area contributed by atoms with Gasteiger partial charge >= 0.3 is 6.18 Å². The molecule has 0 aliphatic heterocycles. The summed E-state index contributed by atoms with van der Waals surface area (Å²) < 4.78 is 66.2. The summed E-state index contributed by atoms with van der Waals surface area (Å²) in [7, 11) is -0.818. The van der Waals surface area contributed by atoms with Crippen molar-refractivity contribution in [3.8, 4) is 0 Å². The molecule has 2 aromatic carbocycles. The molecule has 6 nitrogen and oxygen atoms in total. The van der Waals surface area contributed by atoms with Crippen LogP contribution in [0.5, 0.6) is 0 Å². The van der Waals surface area contributed by atoms with E-state index < -0.39 is 26.7 Å². The van der Waals surface area contributed by atoms with Crippen molar-refractivity contribution in [3.63, 3.8) is 0 Å². The fourth-order valence-electron chi connectivity index (χ4n) is 2.62. The van der Waals surface area contributed by atoms with Crippen molar-refractivity contribution in [3.05, 3.63) is 53.6 Å². The van der Waals surface area contributed by atoms with Crippen LogP contribution >= 0.6 is 0 Å². The summed E-state index contributed by atoms with van der Waals surface area (Å²) in [6, 6.07) is 7.82. The van der Waals surface area contributed by atoms with E-state index in [1.807, 2.05) is 13.8 Å². The predicted octanol–water partition coefficient (Wildman–Crippen LogP) is 3.96. The van der Waals surface area contributed by atoms with Crippen molar-refractivity contribution in [2.24, 2.45) is 5.92 Å². The molecule has 0 bridgehead atoms. The minimum absolute atomic E-state index is 0.0627. The van der Waals surface area contributed by atoms with Gasteiger partial charge in [-0.05, 0) is 42.3 Å². The highest BCUT2D eigenvalue weighted by atomic mass is 32.2. The maximum atomic E-state index is 12.9. The van der Waals surface area contributed by atoms with Gasteiger partial charge in [-0.25, -0.2) is 8.42 Å². The second-order valence-electron chi connectivity index (χ2n) is 7.36. The Kier molecular flexibility index (Phi) is 7.02. The van der Waals surface area contributed by atoms with Gasteiger partial charge in [0, 0.05) is 32.0 Å². The number of nitrogens with zero attached hydrogens (tertiary/aromatic N) is 1. The van der Waals surface area contributed by atoms with Crippen LogP contribution in [0.4, 0.5) is 24.5 Å². The molecule has 0 aliphatic rings. The Morgan fingerprint density at radius 2 is 1.77 bits per heavy atom. The van der Waals surface area contributed by atoms with Gasteiger partial charge in [-0.15, -0.1) is 0 Å². The Bertz CT molecular complexity index is 1020. The minimum Gasteiger partial charge on any atom is -0.377 e. The van der Waals surface area contributed by atoms with Gasteiger partial charge in [0.2, 0.25) is 0 Å². The number of hydrogen-bond donors (Lipinski definition) is 2. The molecule has 2 N–H and O–H groups in total. The lowest BCUT2D eigenvalue weighted by atomic mass is 10.1. The molecule has 0 aliphatic carbocycles. The van der Waals surface area contributed by atoms with Crippen LogP contribution in [0.25, 0.3) is 0 Å². The van der Waals surface area contributed by atoms with E-state index in [4.69, 9.17) is 0 Å². The molecule has 30 heavy (non-hydrogen) atoms. The van der Waals surface area contributed by atoms with Crippen LogP contribution in [-0.4, -0.2) is 35.0 Å². The van der Waals surface area contributed by atoms with Crippen LogP contribution in [0, 0.1) is 5.92 Å².